The van der Waals surface area contributed by atoms with Gasteiger partial charge in [0, 0.05) is 18.8 Å². The van der Waals surface area contributed by atoms with Gasteiger partial charge in [-0.1, -0.05) is 19.9 Å². The molecule has 1 aliphatic carbocycles. The Kier molecular flexibility index (Phi) is 3.67. The Labute approximate surface area is 103 Å². The molecule has 3 nitrogen and oxygen atoms in total. The van der Waals surface area contributed by atoms with E-state index in [-0.39, 0.29) is 12.0 Å². The molecule has 0 unspecified atom stereocenters. The number of fused-ring (bicyclic) bond motifs is 1. The van der Waals surface area contributed by atoms with Gasteiger partial charge in [-0.3, -0.25) is 0 Å². The topological polar surface area (TPSA) is 45.1 Å². The quantitative estimate of drug-likeness (QED) is 0.822. The van der Waals surface area contributed by atoms with Gasteiger partial charge in [-0.15, -0.1) is 0 Å². The Morgan fingerprint density at radius 1 is 1.35 bits per heavy atom. The average molecular weight is 234 g/mol. The van der Waals surface area contributed by atoms with Crippen LogP contribution in [0, 0.1) is 5.41 Å². The third kappa shape index (κ3) is 3.19. The molecule has 0 saturated carbocycles. The van der Waals surface area contributed by atoms with Crippen LogP contribution in [0.15, 0.2) is 12.1 Å². The first-order valence-electron chi connectivity index (χ1n) is 6.44. The molecule has 0 saturated heterocycles. The molecule has 0 aromatic carbocycles. The van der Waals surface area contributed by atoms with E-state index in [9.17, 15) is 0 Å². The molecule has 0 atom stereocenters. The molecule has 0 fully saturated rings. The van der Waals surface area contributed by atoms with Crippen LogP contribution in [0.25, 0.3) is 0 Å². The number of pyridine rings is 1. The van der Waals surface area contributed by atoms with E-state index < -0.39 is 0 Å². The van der Waals surface area contributed by atoms with Gasteiger partial charge in [0.2, 0.25) is 0 Å². The summed E-state index contributed by atoms with van der Waals surface area (Å²) in [7, 11) is 0. The van der Waals surface area contributed by atoms with Crippen molar-refractivity contribution in [2.45, 2.75) is 39.5 Å². The maximum atomic E-state index is 8.98. The summed E-state index contributed by atoms with van der Waals surface area (Å²) < 4.78 is 0. The lowest BCUT2D eigenvalue weighted by Gasteiger charge is -2.24. The van der Waals surface area contributed by atoms with E-state index in [1.54, 1.807) is 0 Å². The number of rotatable bonds is 5. The van der Waals surface area contributed by atoms with Gasteiger partial charge >= 0.3 is 0 Å². The molecule has 0 spiro atoms. The van der Waals surface area contributed by atoms with Gasteiger partial charge in [0.1, 0.15) is 5.82 Å². The van der Waals surface area contributed by atoms with Crippen LogP contribution < -0.4 is 5.32 Å². The predicted octanol–water partition coefficient (Wildman–Crippen LogP) is 2.39. The minimum absolute atomic E-state index is 0.107. The van der Waals surface area contributed by atoms with E-state index in [0.717, 1.165) is 25.2 Å². The number of aliphatic hydroxyl groups excluding tert-OH is 1. The molecule has 1 heterocycles. The summed E-state index contributed by atoms with van der Waals surface area (Å²) in [6.45, 7) is 5.40. The second kappa shape index (κ2) is 5.05. The van der Waals surface area contributed by atoms with Crippen LogP contribution in [0.5, 0.6) is 0 Å². The first-order valence-corrected chi connectivity index (χ1v) is 6.44. The molecule has 2 N–H and O–H groups in total. The molecule has 0 amide bonds. The van der Waals surface area contributed by atoms with Crippen molar-refractivity contribution < 1.29 is 5.11 Å². The summed E-state index contributed by atoms with van der Waals surface area (Å²) in [5.74, 6) is 0.969. The van der Waals surface area contributed by atoms with Gasteiger partial charge in [-0.2, -0.15) is 0 Å². The van der Waals surface area contributed by atoms with Crippen molar-refractivity contribution in [1.82, 2.24) is 4.98 Å². The highest BCUT2D eigenvalue weighted by Gasteiger charge is 2.18. The van der Waals surface area contributed by atoms with Crippen molar-refractivity contribution in [2.24, 2.45) is 5.41 Å². The molecule has 0 bridgehead atoms. The minimum Gasteiger partial charge on any atom is -0.396 e. The van der Waals surface area contributed by atoms with Gasteiger partial charge in [0.05, 0.1) is 0 Å². The molecule has 3 heteroatoms. The summed E-state index contributed by atoms with van der Waals surface area (Å²) in [5.41, 5.74) is 2.77. The highest BCUT2D eigenvalue weighted by atomic mass is 16.3. The highest BCUT2D eigenvalue weighted by Crippen LogP contribution is 2.23. The fourth-order valence-corrected chi connectivity index (χ4v) is 2.24. The maximum Gasteiger partial charge on any atom is 0.126 e. The molecule has 0 aliphatic heterocycles. The van der Waals surface area contributed by atoms with Gasteiger partial charge in [-0.05, 0) is 42.7 Å². The van der Waals surface area contributed by atoms with E-state index >= 15 is 0 Å². The van der Waals surface area contributed by atoms with Crippen LogP contribution in [-0.4, -0.2) is 23.2 Å². The number of nitrogens with one attached hydrogen (secondary N) is 1. The number of hydrogen-bond acceptors (Lipinski definition) is 3. The second-order valence-electron chi connectivity index (χ2n) is 5.65. The summed E-state index contributed by atoms with van der Waals surface area (Å²) in [4.78, 5) is 4.64. The lowest BCUT2D eigenvalue weighted by molar-refractivity contribution is 0.220. The summed E-state index contributed by atoms with van der Waals surface area (Å²) in [6.07, 6.45) is 4.34. The molecule has 0 radical (unpaired) electrons. The second-order valence-corrected chi connectivity index (χ2v) is 5.65. The van der Waals surface area contributed by atoms with E-state index in [1.165, 1.54) is 24.1 Å². The number of nitrogens with zero attached hydrogens (tertiary/aromatic N) is 1. The van der Waals surface area contributed by atoms with Crippen molar-refractivity contribution in [3.8, 4) is 0 Å². The number of aromatic nitrogens is 1. The Morgan fingerprint density at radius 3 is 2.94 bits per heavy atom. The number of anilines is 1. The van der Waals surface area contributed by atoms with Crippen molar-refractivity contribution in [2.75, 3.05) is 18.5 Å². The number of hydrogen-bond donors (Lipinski definition) is 2. The molecule has 17 heavy (non-hydrogen) atoms. The standard InChI is InChI=1S/C14H22N2O/c1-14(2,8-9-17)10-15-13-7-6-11-4-3-5-12(11)16-13/h6-7,17H,3-5,8-10H2,1-2H3,(H,15,16). The van der Waals surface area contributed by atoms with Crippen LogP contribution in [-0.2, 0) is 12.8 Å². The lowest BCUT2D eigenvalue weighted by Crippen LogP contribution is -2.24. The van der Waals surface area contributed by atoms with Gasteiger partial charge in [0.15, 0.2) is 0 Å². The molecular weight excluding hydrogens is 212 g/mol. The summed E-state index contributed by atoms with van der Waals surface area (Å²) in [5, 5.41) is 12.4. The SMILES string of the molecule is CC(C)(CCO)CNc1ccc2c(n1)CCC2. The van der Waals surface area contributed by atoms with Crippen molar-refractivity contribution in [1.29, 1.82) is 0 Å². The Morgan fingerprint density at radius 2 is 2.18 bits per heavy atom. The Hall–Kier alpha value is -1.09. The highest BCUT2D eigenvalue weighted by molar-refractivity contribution is 5.40. The zero-order valence-corrected chi connectivity index (χ0v) is 10.8. The molecule has 94 valence electrons. The van der Waals surface area contributed by atoms with E-state index in [4.69, 9.17) is 5.11 Å². The van der Waals surface area contributed by atoms with Gasteiger partial charge in [-0.25, -0.2) is 4.98 Å². The van der Waals surface area contributed by atoms with E-state index in [1.807, 2.05) is 0 Å². The van der Waals surface area contributed by atoms with Crippen LogP contribution in [0.3, 0.4) is 0 Å². The summed E-state index contributed by atoms with van der Waals surface area (Å²) >= 11 is 0. The predicted molar refractivity (Wildman–Crippen MR) is 70.2 cm³/mol. The van der Waals surface area contributed by atoms with Crippen molar-refractivity contribution >= 4 is 5.82 Å². The fourth-order valence-electron chi connectivity index (χ4n) is 2.24. The van der Waals surface area contributed by atoms with Crippen LogP contribution in [0.2, 0.25) is 0 Å². The number of aryl methyl sites for hydroxylation is 2. The normalized spacial score (nSPS) is 14.8. The van der Waals surface area contributed by atoms with Gasteiger partial charge in [0.25, 0.3) is 0 Å². The largest absolute Gasteiger partial charge is 0.396 e. The monoisotopic (exact) mass is 234 g/mol. The van der Waals surface area contributed by atoms with Crippen LogP contribution in [0.4, 0.5) is 5.82 Å². The molecule has 1 aliphatic rings. The minimum atomic E-state index is 0.107. The number of aliphatic hydroxyl groups is 1. The smallest absolute Gasteiger partial charge is 0.126 e. The molecular formula is C14H22N2O. The van der Waals surface area contributed by atoms with Crippen molar-refractivity contribution in [3.05, 3.63) is 23.4 Å². The van der Waals surface area contributed by atoms with Crippen LogP contribution >= 0.6 is 0 Å². The third-order valence-electron chi connectivity index (χ3n) is 3.46. The van der Waals surface area contributed by atoms with E-state index in [2.05, 4.69) is 36.3 Å². The Bertz CT molecular complexity index is 388. The first kappa shape index (κ1) is 12.4. The average Bonchev–Trinajstić information content (AvgIpc) is 2.73. The third-order valence-corrected chi connectivity index (χ3v) is 3.46. The lowest BCUT2D eigenvalue weighted by atomic mass is 9.90. The Balaban J connectivity index is 1.95. The fraction of sp³-hybridized carbons (Fsp3) is 0.643. The van der Waals surface area contributed by atoms with Crippen LogP contribution in [0.1, 0.15) is 37.9 Å². The zero-order valence-electron chi connectivity index (χ0n) is 10.8. The zero-order chi connectivity index (χ0) is 12.3. The molecule has 1 aromatic heterocycles. The van der Waals surface area contributed by atoms with Crippen molar-refractivity contribution in [3.63, 3.8) is 0 Å². The molecule has 1 aromatic rings. The molecule has 2 rings (SSSR count). The van der Waals surface area contributed by atoms with Gasteiger partial charge < -0.3 is 10.4 Å². The first-order chi connectivity index (χ1) is 8.11. The summed E-state index contributed by atoms with van der Waals surface area (Å²) in [6, 6.07) is 4.26. The maximum absolute atomic E-state index is 8.98. The van der Waals surface area contributed by atoms with E-state index in [0.29, 0.717) is 0 Å².